The molecule has 0 aliphatic carbocycles. The van der Waals surface area contributed by atoms with E-state index in [2.05, 4.69) is 26.1 Å². The summed E-state index contributed by atoms with van der Waals surface area (Å²) in [7, 11) is 0. The molecular weight excluding hydrogens is 174 g/mol. The molecule has 1 unspecified atom stereocenters. The highest BCUT2D eigenvalue weighted by Crippen LogP contribution is 2.15. The Kier molecular flexibility index (Phi) is 3.96. The van der Waals surface area contributed by atoms with E-state index in [9.17, 15) is 5.11 Å². The van der Waals surface area contributed by atoms with Gasteiger partial charge in [-0.1, -0.05) is 32.0 Å². The van der Waals surface area contributed by atoms with Crippen molar-refractivity contribution in [2.75, 3.05) is 0 Å². The Bertz CT molecular complexity index is 283. The summed E-state index contributed by atoms with van der Waals surface area (Å²) in [5.41, 5.74) is 0.958. The zero-order valence-corrected chi connectivity index (χ0v) is 9.12. The number of hydrogen-bond acceptors (Lipinski definition) is 2. The molecular formula is C12H19NO. The van der Waals surface area contributed by atoms with Crippen LogP contribution in [0.4, 0.5) is 0 Å². The molecule has 0 saturated carbocycles. The number of hydrogen-bond donors (Lipinski definition) is 2. The fourth-order valence-corrected chi connectivity index (χ4v) is 1.17. The van der Waals surface area contributed by atoms with Crippen LogP contribution in [-0.4, -0.2) is 11.1 Å². The van der Waals surface area contributed by atoms with Crippen LogP contribution >= 0.6 is 0 Å². The topological polar surface area (TPSA) is 32.3 Å². The first-order chi connectivity index (χ1) is 6.61. The number of benzene rings is 1. The van der Waals surface area contributed by atoms with Crippen molar-refractivity contribution in [3.8, 4) is 5.75 Å². The maximum Gasteiger partial charge on any atom is 0.120 e. The van der Waals surface area contributed by atoms with Crippen LogP contribution in [0, 0.1) is 5.92 Å². The lowest BCUT2D eigenvalue weighted by Gasteiger charge is -2.17. The summed E-state index contributed by atoms with van der Waals surface area (Å²) < 4.78 is 0. The molecule has 0 amide bonds. The molecule has 1 aromatic carbocycles. The van der Waals surface area contributed by atoms with Gasteiger partial charge in [-0.25, -0.2) is 0 Å². The predicted molar refractivity (Wildman–Crippen MR) is 59.2 cm³/mol. The van der Waals surface area contributed by atoms with Crippen LogP contribution in [0.25, 0.3) is 0 Å². The summed E-state index contributed by atoms with van der Waals surface area (Å²) in [6.45, 7) is 7.25. The van der Waals surface area contributed by atoms with Crippen LogP contribution in [0.5, 0.6) is 5.75 Å². The number of nitrogens with one attached hydrogen (secondary N) is 1. The van der Waals surface area contributed by atoms with Gasteiger partial charge >= 0.3 is 0 Å². The second kappa shape index (κ2) is 5.01. The maximum atomic E-state index is 9.52. The average Bonchev–Trinajstić information content (AvgIpc) is 2.16. The van der Waals surface area contributed by atoms with Gasteiger partial charge in [0.2, 0.25) is 0 Å². The predicted octanol–water partition coefficient (Wildman–Crippen LogP) is 2.53. The lowest BCUT2D eigenvalue weighted by Crippen LogP contribution is -2.30. The Balaban J connectivity index is 2.50. The molecule has 0 saturated heterocycles. The van der Waals surface area contributed by atoms with Crippen molar-refractivity contribution in [3.63, 3.8) is 0 Å². The molecule has 0 aliphatic rings. The molecule has 0 heterocycles. The average molecular weight is 193 g/mol. The fraction of sp³-hybridized carbons (Fsp3) is 0.500. The molecule has 2 nitrogen and oxygen atoms in total. The number of para-hydroxylation sites is 1. The van der Waals surface area contributed by atoms with Gasteiger partial charge in [0.25, 0.3) is 0 Å². The van der Waals surface area contributed by atoms with E-state index in [4.69, 9.17) is 0 Å². The van der Waals surface area contributed by atoms with Gasteiger partial charge in [0, 0.05) is 18.2 Å². The SMILES string of the molecule is CC(C)C(C)NCc1ccccc1O. The Labute approximate surface area is 86.0 Å². The molecule has 0 aliphatic heterocycles. The molecule has 1 aromatic rings. The van der Waals surface area contributed by atoms with Crippen LogP contribution in [0.15, 0.2) is 24.3 Å². The van der Waals surface area contributed by atoms with Crippen molar-refractivity contribution >= 4 is 0 Å². The Morgan fingerprint density at radius 2 is 1.86 bits per heavy atom. The van der Waals surface area contributed by atoms with Crippen LogP contribution in [-0.2, 0) is 6.54 Å². The first-order valence-electron chi connectivity index (χ1n) is 5.11. The normalized spacial score (nSPS) is 13.1. The van der Waals surface area contributed by atoms with E-state index >= 15 is 0 Å². The van der Waals surface area contributed by atoms with Gasteiger partial charge in [0.1, 0.15) is 5.75 Å². The Hall–Kier alpha value is -1.02. The van der Waals surface area contributed by atoms with Crippen molar-refractivity contribution in [3.05, 3.63) is 29.8 Å². The highest BCUT2D eigenvalue weighted by atomic mass is 16.3. The van der Waals surface area contributed by atoms with Crippen molar-refractivity contribution < 1.29 is 5.11 Å². The summed E-state index contributed by atoms with van der Waals surface area (Å²) in [6, 6.07) is 7.91. The minimum Gasteiger partial charge on any atom is -0.508 e. The van der Waals surface area contributed by atoms with Crippen molar-refractivity contribution in [2.24, 2.45) is 5.92 Å². The van der Waals surface area contributed by atoms with Crippen LogP contribution in [0.1, 0.15) is 26.3 Å². The second-order valence-corrected chi connectivity index (χ2v) is 4.04. The highest BCUT2D eigenvalue weighted by Gasteiger charge is 2.06. The Morgan fingerprint density at radius 3 is 2.43 bits per heavy atom. The zero-order valence-electron chi connectivity index (χ0n) is 9.12. The minimum absolute atomic E-state index is 0.371. The van der Waals surface area contributed by atoms with Crippen molar-refractivity contribution in [1.29, 1.82) is 0 Å². The molecule has 0 aromatic heterocycles. The first-order valence-corrected chi connectivity index (χ1v) is 5.11. The lowest BCUT2D eigenvalue weighted by atomic mass is 10.1. The number of rotatable bonds is 4. The summed E-state index contributed by atoms with van der Waals surface area (Å²) in [5, 5.41) is 12.9. The number of phenolic OH excluding ortho intramolecular Hbond substituents is 1. The molecule has 1 atom stereocenters. The second-order valence-electron chi connectivity index (χ2n) is 4.04. The largest absolute Gasteiger partial charge is 0.508 e. The zero-order chi connectivity index (χ0) is 10.6. The lowest BCUT2D eigenvalue weighted by molar-refractivity contribution is 0.415. The summed E-state index contributed by atoms with van der Waals surface area (Å²) in [4.78, 5) is 0. The Morgan fingerprint density at radius 1 is 1.21 bits per heavy atom. The first kappa shape index (κ1) is 11.1. The molecule has 2 N–H and O–H groups in total. The van der Waals surface area contributed by atoms with Gasteiger partial charge < -0.3 is 10.4 Å². The maximum absolute atomic E-state index is 9.52. The molecule has 0 radical (unpaired) electrons. The molecule has 0 spiro atoms. The molecule has 1 rings (SSSR count). The van der Waals surface area contributed by atoms with Crippen molar-refractivity contribution in [1.82, 2.24) is 5.32 Å². The molecule has 78 valence electrons. The van der Waals surface area contributed by atoms with Gasteiger partial charge in [0.15, 0.2) is 0 Å². The molecule has 14 heavy (non-hydrogen) atoms. The smallest absolute Gasteiger partial charge is 0.120 e. The van der Waals surface area contributed by atoms with Gasteiger partial charge in [-0.05, 0) is 18.9 Å². The summed E-state index contributed by atoms with van der Waals surface area (Å²) >= 11 is 0. The highest BCUT2D eigenvalue weighted by molar-refractivity contribution is 5.31. The van der Waals surface area contributed by atoms with Gasteiger partial charge in [0.05, 0.1) is 0 Å². The van der Waals surface area contributed by atoms with Crippen LogP contribution < -0.4 is 5.32 Å². The number of aromatic hydroxyl groups is 1. The van der Waals surface area contributed by atoms with E-state index in [0.29, 0.717) is 17.7 Å². The van der Waals surface area contributed by atoms with E-state index in [-0.39, 0.29) is 0 Å². The number of phenols is 1. The van der Waals surface area contributed by atoms with E-state index in [1.807, 2.05) is 18.2 Å². The monoisotopic (exact) mass is 193 g/mol. The van der Waals surface area contributed by atoms with E-state index < -0.39 is 0 Å². The van der Waals surface area contributed by atoms with Crippen LogP contribution in [0.3, 0.4) is 0 Å². The third-order valence-electron chi connectivity index (χ3n) is 2.61. The molecule has 2 heteroatoms. The van der Waals surface area contributed by atoms with Gasteiger partial charge in [-0.3, -0.25) is 0 Å². The van der Waals surface area contributed by atoms with E-state index in [1.165, 1.54) is 0 Å². The van der Waals surface area contributed by atoms with Crippen LogP contribution in [0.2, 0.25) is 0 Å². The molecule has 0 bridgehead atoms. The van der Waals surface area contributed by atoms with E-state index in [1.54, 1.807) is 6.07 Å². The van der Waals surface area contributed by atoms with E-state index in [0.717, 1.165) is 12.1 Å². The quantitative estimate of drug-likeness (QED) is 0.770. The summed E-state index contributed by atoms with van der Waals surface area (Å²) in [6.07, 6.45) is 0. The third-order valence-corrected chi connectivity index (χ3v) is 2.61. The molecule has 0 fully saturated rings. The fourth-order valence-electron chi connectivity index (χ4n) is 1.17. The standard InChI is InChI=1S/C12H19NO/c1-9(2)10(3)13-8-11-6-4-5-7-12(11)14/h4-7,9-10,13-14H,8H2,1-3H3. The van der Waals surface area contributed by atoms with Crippen molar-refractivity contribution in [2.45, 2.75) is 33.4 Å². The minimum atomic E-state index is 0.371. The summed E-state index contributed by atoms with van der Waals surface area (Å²) in [5.74, 6) is 0.983. The van der Waals surface area contributed by atoms with Gasteiger partial charge in [-0.2, -0.15) is 0 Å². The third kappa shape index (κ3) is 3.04. The van der Waals surface area contributed by atoms with Gasteiger partial charge in [-0.15, -0.1) is 0 Å².